The van der Waals surface area contributed by atoms with Gasteiger partial charge in [-0.2, -0.15) is 0 Å². The third kappa shape index (κ3) is 3.55. The Morgan fingerprint density at radius 2 is 1.95 bits per heavy atom. The van der Waals surface area contributed by atoms with E-state index in [1.165, 1.54) is 0 Å². The number of benzene rings is 2. The van der Waals surface area contributed by atoms with Gasteiger partial charge in [-0.3, -0.25) is 4.79 Å². The van der Waals surface area contributed by atoms with E-state index in [0.29, 0.717) is 16.8 Å². The molecule has 0 unspecified atom stereocenters. The standard InChI is InChI=1S/C14H8BrClF2O2/c15-8-1-4-14(11(16)5-8)20-7-13(19)10-3-2-9(17)6-12(10)18/h1-6H,7H2. The molecule has 0 aromatic heterocycles. The number of ether oxygens (including phenoxy) is 1. The maximum atomic E-state index is 13.4. The van der Waals surface area contributed by atoms with Crippen LogP contribution in [0.1, 0.15) is 10.4 Å². The van der Waals surface area contributed by atoms with Gasteiger partial charge in [0.25, 0.3) is 0 Å². The summed E-state index contributed by atoms with van der Waals surface area (Å²) in [5.41, 5.74) is -0.223. The van der Waals surface area contributed by atoms with Crippen molar-refractivity contribution in [2.45, 2.75) is 0 Å². The first-order chi connectivity index (χ1) is 9.47. The summed E-state index contributed by atoms with van der Waals surface area (Å²) < 4.78 is 32.2. The Morgan fingerprint density at radius 1 is 1.20 bits per heavy atom. The second-order valence-corrected chi connectivity index (χ2v) is 5.23. The Hall–Kier alpha value is -1.46. The Kier molecular flexibility index (Phi) is 4.73. The summed E-state index contributed by atoms with van der Waals surface area (Å²) in [4.78, 5) is 11.8. The maximum absolute atomic E-state index is 13.4. The van der Waals surface area contributed by atoms with Crippen molar-refractivity contribution < 1.29 is 18.3 Å². The molecule has 0 radical (unpaired) electrons. The Morgan fingerprint density at radius 3 is 2.60 bits per heavy atom. The molecule has 6 heteroatoms. The van der Waals surface area contributed by atoms with E-state index in [0.717, 1.165) is 16.6 Å². The van der Waals surface area contributed by atoms with Crippen molar-refractivity contribution >= 4 is 33.3 Å². The Labute approximate surface area is 127 Å². The molecule has 0 saturated carbocycles. The van der Waals surface area contributed by atoms with Crippen molar-refractivity contribution in [1.29, 1.82) is 0 Å². The quantitative estimate of drug-likeness (QED) is 0.742. The van der Waals surface area contributed by atoms with E-state index < -0.39 is 17.4 Å². The summed E-state index contributed by atoms with van der Waals surface area (Å²) in [5.74, 6) is -1.94. The lowest BCUT2D eigenvalue weighted by molar-refractivity contribution is 0.0917. The molecule has 2 rings (SSSR count). The van der Waals surface area contributed by atoms with Crippen molar-refractivity contribution in [2.75, 3.05) is 6.61 Å². The van der Waals surface area contributed by atoms with E-state index >= 15 is 0 Å². The zero-order chi connectivity index (χ0) is 14.7. The first-order valence-corrected chi connectivity index (χ1v) is 6.70. The summed E-state index contributed by atoms with van der Waals surface area (Å²) in [5, 5.41) is 0.326. The van der Waals surface area contributed by atoms with Crippen LogP contribution in [0.3, 0.4) is 0 Å². The zero-order valence-electron chi connectivity index (χ0n) is 10.00. The lowest BCUT2D eigenvalue weighted by Gasteiger charge is -2.08. The number of carbonyl (C=O) groups excluding carboxylic acids is 1. The topological polar surface area (TPSA) is 26.3 Å². The van der Waals surface area contributed by atoms with Crippen molar-refractivity contribution in [3.8, 4) is 5.75 Å². The molecule has 0 atom stereocenters. The fourth-order valence-corrected chi connectivity index (χ4v) is 2.26. The number of halogens is 4. The van der Waals surface area contributed by atoms with E-state index in [-0.39, 0.29) is 12.2 Å². The summed E-state index contributed by atoms with van der Waals surface area (Å²) >= 11 is 9.16. The molecule has 0 aliphatic carbocycles. The number of carbonyl (C=O) groups is 1. The molecule has 20 heavy (non-hydrogen) atoms. The molecule has 0 heterocycles. The molecule has 0 aliphatic rings. The van der Waals surface area contributed by atoms with Gasteiger partial charge in [-0.05, 0) is 30.3 Å². The van der Waals surface area contributed by atoms with E-state index in [9.17, 15) is 13.6 Å². The van der Waals surface area contributed by atoms with E-state index in [1.807, 2.05) is 0 Å². The average molecular weight is 362 g/mol. The van der Waals surface area contributed by atoms with Gasteiger partial charge in [0.1, 0.15) is 17.4 Å². The largest absolute Gasteiger partial charge is 0.484 e. The van der Waals surface area contributed by atoms with Crippen molar-refractivity contribution in [3.63, 3.8) is 0 Å². The first kappa shape index (κ1) is 14.9. The second-order valence-electron chi connectivity index (χ2n) is 3.91. The van der Waals surface area contributed by atoms with Crippen LogP contribution in [0.2, 0.25) is 5.02 Å². The maximum Gasteiger partial charge on any atom is 0.203 e. The van der Waals surface area contributed by atoms with E-state index in [1.54, 1.807) is 18.2 Å². The second kappa shape index (κ2) is 6.33. The molecule has 0 aliphatic heterocycles. The molecule has 0 fully saturated rings. The third-order valence-electron chi connectivity index (χ3n) is 2.48. The van der Waals surface area contributed by atoms with Crippen LogP contribution in [0, 0.1) is 11.6 Å². The Bertz CT molecular complexity index is 662. The van der Waals surface area contributed by atoms with Crippen LogP contribution in [0.4, 0.5) is 8.78 Å². The van der Waals surface area contributed by atoms with Gasteiger partial charge < -0.3 is 4.74 Å². The van der Waals surface area contributed by atoms with Crippen LogP contribution >= 0.6 is 27.5 Å². The summed E-state index contributed by atoms with van der Waals surface area (Å²) in [6, 6.07) is 7.65. The van der Waals surface area contributed by atoms with Crippen LogP contribution in [0.15, 0.2) is 40.9 Å². The molecule has 0 spiro atoms. The minimum atomic E-state index is -0.916. The fourth-order valence-electron chi connectivity index (χ4n) is 1.53. The zero-order valence-corrected chi connectivity index (χ0v) is 12.3. The highest BCUT2D eigenvalue weighted by Crippen LogP contribution is 2.27. The predicted molar refractivity (Wildman–Crippen MR) is 75.3 cm³/mol. The van der Waals surface area contributed by atoms with Crippen LogP contribution in [0.5, 0.6) is 5.75 Å². The summed E-state index contributed by atoms with van der Waals surface area (Å²) in [6.07, 6.45) is 0. The van der Waals surface area contributed by atoms with E-state index in [2.05, 4.69) is 15.9 Å². The monoisotopic (exact) mass is 360 g/mol. The fraction of sp³-hybridized carbons (Fsp3) is 0.0714. The van der Waals surface area contributed by atoms with Crippen LogP contribution in [-0.2, 0) is 0 Å². The van der Waals surface area contributed by atoms with Gasteiger partial charge in [0, 0.05) is 10.5 Å². The highest BCUT2D eigenvalue weighted by Gasteiger charge is 2.14. The highest BCUT2D eigenvalue weighted by atomic mass is 79.9. The molecule has 0 amide bonds. The van der Waals surface area contributed by atoms with Crippen molar-refractivity contribution in [3.05, 3.63) is 63.1 Å². The molecule has 0 bridgehead atoms. The number of hydrogen-bond acceptors (Lipinski definition) is 2. The number of ketones is 1. The predicted octanol–water partition coefficient (Wildman–Crippen LogP) is 4.64. The normalized spacial score (nSPS) is 10.4. The van der Waals surface area contributed by atoms with E-state index in [4.69, 9.17) is 16.3 Å². The van der Waals surface area contributed by atoms with Gasteiger partial charge in [-0.1, -0.05) is 27.5 Å². The molecular formula is C14H8BrClF2O2. The van der Waals surface area contributed by atoms with Gasteiger partial charge in [-0.15, -0.1) is 0 Å². The lowest BCUT2D eigenvalue weighted by Crippen LogP contribution is -2.13. The molecule has 0 N–H and O–H groups in total. The van der Waals surface area contributed by atoms with Crippen LogP contribution in [-0.4, -0.2) is 12.4 Å². The number of hydrogen-bond donors (Lipinski definition) is 0. The summed E-state index contributed by atoms with van der Waals surface area (Å²) in [6.45, 7) is -0.385. The van der Waals surface area contributed by atoms with Crippen molar-refractivity contribution in [2.24, 2.45) is 0 Å². The van der Waals surface area contributed by atoms with Gasteiger partial charge in [-0.25, -0.2) is 8.78 Å². The number of rotatable bonds is 4. The smallest absolute Gasteiger partial charge is 0.203 e. The third-order valence-corrected chi connectivity index (χ3v) is 3.27. The van der Waals surface area contributed by atoms with Gasteiger partial charge >= 0.3 is 0 Å². The molecule has 2 aromatic carbocycles. The van der Waals surface area contributed by atoms with Crippen molar-refractivity contribution in [1.82, 2.24) is 0 Å². The minimum Gasteiger partial charge on any atom is -0.484 e. The van der Waals surface area contributed by atoms with Gasteiger partial charge in [0.15, 0.2) is 6.61 Å². The van der Waals surface area contributed by atoms with Gasteiger partial charge in [0.05, 0.1) is 10.6 Å². The molecular weight excluding hydrogens is 354 g/mol. The SMILES string of the molecule is O=C(COc1ccc(Br)cc1Cl)c1ccc(F)cc1F. The molecule has 0 saturated heterocycles. The summed E-state index contributed by atoms with van der Waals surface area (Å²) in [7, 11) is 0. The average Bonchev–Trinajstić information content (AvgIpc) is 2.37. The van der Waals surface area contributed by atoms with Crippen LogP contribution in [0.25, 0.3) is 0 Å². The Balaban J connectivity index is 2.08. The first-order valence-electron chi connectivity index (χ1n) is 5.53. The lowest BCUT2D eigenvalue weighted by atomic mass is 10.1. The number of Topliss-reactive ketones (excluding diaryl/α,β-unsaturated/α-hetero) is 1. The van der Waals surface area contributed by atoms with Gasteiger partial charge in [0.2, 0.25) is 5.78 Å². The molecule has 104 valence electrons. The molecule has 2 nitrogen and oxygen atoms in total. The molecule has 2 aromatic rings. The van der Waals surface area contributed by atoms with Crippen LogP contribution < -0.4 is 4.74 Å². The highest BCUT2D eigenvalue weighted by molar-refractivity contribution is 9.10. The minimum absolute atomic E-state index is 0.223.